The number of hydrogen-bond donors (Lipinski definition) is 1. The predicted molar refractivity (Wildman–Crippen MR) is 72.9 cm³/mol. The van der Waals surface area contributed by atoms with E-state index < -0.39 is 0 Å². The molecule has 0 saturated heterocycles. The number of rotatable bonds is 3. The largest absolute Gasteiger partial charge is 0.360 e. The first-order valence-corrected chi connectivity index (χ1v) is 6.78. The van der Waals surface area contributed by atoms with Crippen molar-refractivity contribution in [2.24, 2.45) is 5.92 Å². The fraction of sp³-hybridized carbons (Fsp3) is 0.667. The molecule has 0 aliphatic carbocycles. The standard InChI is InChI=1S/C12H20N4S/c1-8(2)6-13-10-15-16-7-9(12(3,4)5)14-11(16)17-10/h7-8H,6H2,1-5H3,(H,13,15). The van der Waals surface area contributed by atoms with Gasteiger partial charge in [0.1, 0.15) is 0 Å². The van der Waals surface area contributed by atoms with E-state index in [-0.39, 0.29) is 5.41 Å². The molecule has 0 bridgehead atoms. The van der Waals surface area contributed by atoms with E-state index >= 15 is 0 Å². The summed E-state index contributed by atoms with van der Waals surface area (Å²) in [6, 6.07) is 0. The third-order valence-electron chi connectivity index (χ3n) is 2.47. The molecule has 4 nitrogen and oxygen atoms in total. The molecule has 5 heteroatoms. The second kappa shape index (κ2) is 4.29. The molecule has 2 aromatic rings. The van der Waals surface area contributed by atoms with E-state index in [1.807, 2.05) is 10.7 Å². The summed E-state index contributed by atoms with van der Waals surface area (Å²) >= 11 is 1.61. The fourth-order valence-corrected chi connectivity index (χ4v) is 2.21. The lowest BCUT2D eigenvalue weighted by molar-refractivity contribution is 0.572. The smallest absolute Gasteiger partial charge is 0.214 e. The van der Waals surface area contributed by atoms with Crippen molar-refractivity contribution in [1.29, 1.82) is 0 Å². The molecule has 94 valence electrons. The van der Waals surface area contributed by atoms with Crippen LogP contribution in [-0.4, -0.2) is 21.1 Å². The maximum atomic E-state index is 4.61. The lowest BCUT2D eigenvalue weighted by Gasteiger charge is -2.13. The average Bonchev–Trinajstić information content (AvgIpc) is 2.69. The Bertz CT molecular complexity index is 473. The molecule has 0 aromatic carbocycles. The van der Waals surface area contributed by atoms with E-state index in [4.69, 9.17) is 0 Å². The molecule has 1 N–H and O–H groups in total. The van der Waals surface area contributed by atoms with Gasteiger partial charge in [0.2, 0.25) is 10.1 Å². The highest BCUT2D eigenvalue weighted by Crippen LogP contribution is 2.25. The summed E-state index contributed by atoms with van der Waals surface area (Å²) in [4.78, 5) is 5.57. The second-order valence-electron chi connectivity index (χ2n) is 5.79. The minimum Gasteiger partial charge on any atom is -0.360 e. The summed E-state index contributed by atoms with van der Waals surface area (Å²) in [6.45, 7) is 11.8. The van der Waals surface area contributed by atoms with Crippen LogP contribution in [0.3, 0.4) is 0 Å². The molecule has 0 aliphatic heterocycles. The summed E-state index contributed by atoms with van der Waals surface area (Å²) < 4.78 is 1.87. The van der Waals surface area contributed by atoms with Gasteiger partial charge in [-0.15, -0.1) is 5.10 Å². The molecule has 2 rings (SSSR count). The van der Waals surface area contributed by atoms with E-state index in [2.05, 4.69) is 50.0 Å². The zero-order valence-corrected chi connectivity index (χ0v) is 11.9. The number of hydrogen-bond acceptors (Lipinski definition) is 4. The molecule has 0 saturated carbocycles. The van der Waals surface area contributed by atoms with E-state index in [0.717, 1.165) is 22.3 Å². The van der Waals surface area contributed by atoms with Gasteiger partial charge in [-0.1, -0.05) is 46.0 Å². The van der Waals surface area contributed by atoms with Crippen LogP contribution in [0.1, 0.15) is 40.3 Å². The Labute approximate surface area is 106 Å². The molecule has 0 amide bonds. The van der Waals surface area contributed by atoms with Gasteiger partial charge in [0, 0.05) is 12.0 Å². The van der Waals surface area contributed by atoms with Crippen molar-refractivity contribution in [3.63, 3.8) is 0 Å². The van der Waals surface area contributed by atoms with E-state index in [9.17, 15) is 0 Å². The van der Waals surface area contributed by atoms with Gasteiger partial charge >= 0.3 is 0 Å². The van der Waals surface area contributed by atoms with Gasteiger partial charge < -0.3 is 5.32 Å². The number of aromatic nitrogens is 3. The van der Waals surface area contributed by atoms with Crippen LogP contribution in [0.4, 0.5) is 5.13 Å². The third kappa shape index (κ3) is 2.77. The van der Waals surface area contributed by atoms with Crippen LogP contribution in [0.5, 0.6) is 0 Å². The van der Waals surface area contributed by atoms with Crippen molar-refractivity contribution in [2.45, 2.75) is 40.0 Å². The summed E-state index contributed by atoms with van der Waals surface area (Å²) in [5.41, 5.74) is 1.17. The maximum absolute atomic E-state index is 4.61. The Hall–Kier alpha value is -1.10. The molecule has 0 fully saturated rings. The molecular weight excluding hydrogens is 232 g/mol. The lowest BCUT2D eigenvalue weighted by Crippen LogP contribution is -2.11. The van der Waals surface area contributed by atoms with Crippen molar-refractivity contribution in [1.82, 2.24) is 14.6 Å². The quantitative estimate of drug-likeness (QED) is 0.912. The van der Waals surface area contributed by atoms with Crippen LogP contribution in [0.2, 0.25) is 0 Å². The van der Waals surface area contributed by atoms with Gasteiger partial charge in [-0.2, -0.15) is 0 Å². The van der Waals surface area contributed by atoms with Crippen LogP contribution >= 0.6 is 11.3 Å². The first kappa shape index (κ1) is 12.4. The normalized spacial score (nSPS) is 12.6. The predicted octanol–water partition coefficient (Wildman–Crippen LogP) is 3.16. The number of fused-ring (bicyclic) bond motifs is 1. The summed E-state index contributed by atoms with van der Waals surface area (Å²) in [5, 5.41) is 8.75. The van der Waals surface area contributed by atoms with E-state index in [1.54, 1.807) is 11.3 Å². The average molecular weight is 252 g/mol. The zero-order chi connectivity index (χ0) is 12.6. The maximum Gasteiger partial charge on any atom is 0.214 e. The topological polar surface area (TPSA) is 42.2 Å². The van der Waals surface area contributed by atoms with Crippen LogP contribution in [0.25, 0.3) is 4.96 Å². The molecular formula is C12H20N4S. The molecule has 0 aliphatic rings. The Balaban J connectivity index is 2.20. The number of anilines is 1. The highest BCUT2D eigenvalue weighted by atomic mass is 32.1. The van der Waals surface area contributed by atoms with Crippen molar-refractivity contribution in [3.05, 3.63) is 11.9 Å². The zero-order valence-electron chi connectivity index (χ0n) is 11.1. The van der Waals surface area contributed by atoms with Gasteiger partial charge in [0.15, 0.2) is 0 Å². The highest BCUT2D eigenvalue weighted by molar-refractivity contribution is 7.20. The molecule has 2 aromatic heterocycles. The monoisotopic (exact) mass is 252 g/mol. The first-order valence-electron chi connectivity index (χ1n) is 5.97. The lowest BCUT2D eigenvalue weighted by atomic mass is 9.93. The van der Waals surface area contributed by atoms with Crippen LogP contribution in [0, 0.1) is 5.92 Å². The number of nitrogens with zero attached hydrogens (tertiary/aromatic N) is 3. The van der Waals surface area contributed by atoms with Gasteiger partial charge in [0.25, 0.3) is 0 Å². The molecule has 0 radical (unpaired) electrons. The Kier molecular flexibility index (Phi) is 3.12. The van der Waals surface area contributed by atoms with Gasteiger partial charge in [0.05, 0.1) is 11.9 Å². The third-order valence-corrected chi connectivity index (χ3v) is 3.35. The Morgan fingerprint density at radius 3 is 2.65 bits per heavy atom. The van der Waals surface area contributed by atoms with Gasteiger partial charge in [-0.25, -0.2) is 9.50 Å². The van der Waals surface area contributed by atoms with Gasteiger partial charge in [-0.3, -0.25) is 0 Å². The molecule has 0 spiro atoms. The second-order valence-corrected chi connectivity index (χ2v) is 6.74. The first-order chi connectivity index (χ1) is 7.86. The SMILES string of the molecule is CC(C)CNc1nn2cc(C(C)(C)C)nc2s1. The fourth-order valence-electron chi connectivity index (χ4n) is 1.42. The number of imidazole rings is 1. The van der Waals surface area contributed by atoms with Crippen LogP contribution in [-0.2, 0) is 5.41 Å². The van der Waals surface area contributed by atoms with Crippen molar-refractivity contribution in [3.8, 4) is 0 Å². The summed E-state index contributed by atoms with van der Waals surface area (Å²) in [6.07, 6.45) is 2.02. The molecule has 2 heterocycles. The van der Waals surface area contributed by atoms with E-state index in [1.165, 1.54) is 0 Å². The summed E-state index contributed by atoms with van der Waals surface area (Å²) in [7, 11) is 0. The minimum absolute atomic E-state index is 0.0823. The molecule has 0 unspecified atom stereocenters. The van der Waals surface area contributed by atoms with Gasteiger partial charge in [-0.05, 0) is 5.92 Å². The van der Waals surface area contributed by atoms with Crippen molar-refractivity contribution < 1.29 is 0 Å². The van der Waals surface area contributed by atoms with Crippen LogP contribution in [0.15, 0.2) is 6.20 Å². The summed E-state index contributed by atoms with van der Waals surface area (Å²) in [5.74, 6) is 0.622. The van der Waals surface area contributed by atoms with Crippen molar-refractivity contribution >= 4 is 21.4 Å². The molecule has 0 atom stereocenters. The van der Waals surface area contributed by atoms with Crippen LogP contribution < -0.4 is 5.32 Å². The van der Waals surface area contributed by atoms with Crippen molar-refractivity contribution in [2.75, 3.05) is 11.9 Å². The Morgan fingerprint density at radius 2 is 2.12 bits per heavy atom. The minimum atomic E-state index is 0.0823. The molecule has 17 heavy (non-hydrogen) atoms. The Morgan fingerprint density at radius 1 is 1.41 bits per heavy atom. The highest BCUT2D eigenvalue weighted by Gasteiger charge is 2.19. The van der Waals surface area contributed by atoms with E-state index in [0.29, 0.717) is 5.92 Å². The number of nitrogens with one attached hydrogen (secondary N) is 1.